The molecule has 36 heavy (non-hydrogen) atoms. The van der Waals surface area contributed by atoms with Gasteiger partial charge in [0.15, 0.2) is 15.9 Å². The van der Waals surface area contributed by atoms with Gasteiger partial charge < -0.3 is 9.64 Å². The van der Waals surface area contributed by atoms with E-state index in [0.29, 0.717) is 27.2 Å². The molecule has 2 atom stereocenters. The van der Waals surface area contributed by atoms with Gasteiger partial charge in [-0.15, -0.1) is 0 Å². The molecule has 10 heteroatoms. The fourth-order valence-corrected chi connectivity index (χ4v) is 6.86. The zero-order valence-corrected chi connectivity index (χ0v) is 23.1. The van der Waals surface area contributed by atoms with E-state index in [1.165, 1.54) is 6.07 Å². The average Bonchev–Trinajstić information content (AvgIpc) is 3.18. The summed E-state index contributed by atoms with van der Waals surface area (Å²) in [5.41, 5.74) is 2.58. The maximum Gasteiger partial charge on any atom is 0.263 e. The molecule has 1 aliphatic heterocycles. The predicted molar refractivity (Wildman–Crippen MR) is 146 cm³/mol. The summed E-state index contributed by atoms with van der Waals surface area (Å²) in [6.07, 6.45) is -0.514. The fraction of sp³-hybridized carbons (Fsp3) is 0.269. The maximum atomic E-state index is 13.5. The number of hydrogen-bond acceptors (Lipinski definition) is 4. The van der Waals surface area contributed by atoms with Crippen LogP contribution in [0.4, 0.5) is 0 Å². The lowest BCUT2D eigenvalue weighted by atomic mass is 10.0. The third kappa shape index (κ3) is 6.48. The minimum absolute atomic E-state index is 0.0493. The number of benzene rings is 3. The van der Waals surface area contributed by atoms with Crippen molar-refractivity contribution in [2.24, 2.45) is 0 Å². The molecule has 0 spiro atoms. The summed E-state index contributed by atoms with van der Waals surface area (Å²) < 4.78 is 30.2. The highest BCUT2D eigenvalue weighted by atomic mass is 35.5. The molecule has 0 radical (unpaired) electrons. The first-order valence-electron chi connectivity index (χ1n) is 11.2. The van der Waals surface area contributed by atoms with Gasteiger partial charge in [0.05, 0.1) is 16.5 Å². The quantitative estimate of drug-likeness (QED) is 0.300. The van der Waals surface area contributed by atoms with Crippen molar-refractivity contribution in [1.29, 1.82) is 0 Å². The first-order valence-corrected chi connectivity index (χ1v) is 14.5. The second-order valence-electron chi connectivity index (χ2n) is 8.68. The number of carbonyl (C=O) groups excluding carboxylic acids is 1. The Morgan fingerprint density at radius 1 is 0.972 bits per heavy atom. The van der Waals surface area contributed by atoms with Gasteiger partial charge in [-0.25, -0.2) is 8.42 Å². The molecule has 5 nitrogen and oxygen atoms in total. The molecule has 1 amide bonds. The number of halogens is 4. The third-order valence-corrected chi connectivity index (χ3v) is 8.86. The second kappa shape index (κ2) is 11.2. The van der Waals surface area contributed by atoms with Crippen LogP contribution in [0.25, 0.3) is 11.1 Å². The molecule has 0 aromatic heterocycles. The first kappa shape index (κ1) is 27.1. The summed E-state index contributed by atoms with van der Waals surface area (Å²) in [5.74, 6) is -0.0303. The van der Waals surface area contributed by atoms with Crippen LogP contribution in [0, 0.1) is 0 Å². The van der Waals surface area contributed by atoms with Gasteiger partial charge in [-0.2, -0.15) is 0 Å². The standard InChI is InChI=1S/C26H23Cl4NO4S/c1-16(35-25-9-7-20(28)13-24(25)30)26(32)31(21-10-11-36(33,34)15-21)14-17-2-4-18(5-3-17)22-8-6-19(27)12-23(22)29/h2-9,12-13,16,21H,10-11,14-15H2,1H3. The van der Waals surface area contributed by atoms with Gasteiger partial charge in [0, 0.05) is 33.2 Å². The molecule has 1 aliphatic rings. The Balaban J connectivity index is 1.56. The van der Waals surface area contributed by atoms with E-state index >= 15 is 0 Å². The van der Waals surface area contributed by atoms with Gasteiger partial charge in [0.2, 0.25) is 0 Å². The van der Waals surface area contributed by atoms with Crippen LogP contribution in [-0.2, 0) is 21.2 Å². The van der Waals surface area contributed by atoms with Crippen LogP contribution in [-0.4, -0.2) is 42.9 Å². The number of sulfone groups is 1. The van der Waals surface area contributed by atoms with Gasteiger partial charge in [0.25, 0.3) is 5.91 Å². The van der Waals surface area contributed by atoms with Gasteiger partial charge in [-0.3, -0.25) is 4.79 Å². The molecule has 0 N–H and O–H groups in total. The highest BCUT2D eigenvalue weighted by Crippen LogP contribution is 2.32. The van der Waals surface area contributed by atoms with Crippen LogP contribution < -0.4 is 4.74 Å². The van der Waals surface area contributed by atoms with E-state index in [1.807, 2.05) is 30.3 Å². The molecule has 190 valence electrons. The summed E-state index contributed by atoms with van der Waals surface area (Å²) in [4.78, 5) is 15.1. The highest BCUT2D eigenvalue weighted by molar-refractivity contribution is 7.91. The monoisotopic (exact) mass is 585 g/mol. The second-order valence-corrected chi connectivity index (χ2v) is 12.6. The van der Waals surface area contributed by atoms with Gasteiger partial charge >= 0.3 is 0 Å². The maximum absolute atomic E-state index is 13.5. The first-order chi connectivity index (χ1) is 17.0. The molecule has 4 rings (SSSR count). The highest BCUT2D eigenvalue weighted by Gasteiger charge is 2.36. The minimum atomic E-state index is -3.21. The van der Waals surface area contributed by atoms with Gasteiger partial charge in [0.1, 0.15) is 5.75 Å². The van der Waals surface area contributed by atoms with E-state index in [0.717, 1.165) is 16.7 Å². The van der Waals surface area contributed by atoms with Crippen molar-refractivity contribution in [3.63, 3.8) is 0 Å². The number of hydrogen-bond donors (Lipinski definition) is 0. The van der Waals surface area contributed by atoms with Crippen LogP contribution in [0.3, 0.4) is 0 Å². The lowest BCUT2D eigenvalue weighted by Crippen LogP contribution is -2.46. The van der Waals surface area contributed by atoms with Crippen molar-refractivity contribution in [2.45, 2.75) is 32.0 Å². The SMILES string of the molecule is CC(Oc1ccc(Cl)cc1Cl)C(=O)N(Cc1ccc(-c2ccc(Cl)cc2Cl)cc1)C1CCS(=O)(=O)C1. The van der Waals surface area contributed by atoms with Crippen LogP contribution in [0.1, 0.15) is 18.9 Å². The largest absolute Gasteiger partial charge is 0.479 e. The van der Waals surface area contributed by atoms with Crippen LogP contribution in [0.5, 0.6) is 5.75 Å². The smallest absolute Gasteiger partial charge is 0.263 e. The molecule has 3 aromatic rings. The Hall–Kier alpha value is -1.96. The van der Waals surface area contributed by atoms with E-state index < -0.39 is 22.0 Å². The van der Waals surface area contributed by atoms with E-state index in [1.54, 1.807) is 36.1 Å². The van der Waals surface area contributed by atoms with E-state index in [4.69, 9.17) is 51.1 Å². The molecule has 1 fully saturated rings. The van der Waals surface area contributed by atoms with E-state index in [9.17, 15) is 13.2 Å². The molecule has 3 aromatic carbocycles. The average molecular weight is 587 g/mol. The van der Waals surface area contributed by atoms with Crippen LogP contribution >= 0.6 is 46.4 Å². The summed E-state index contributed by atoms with van der Waals surface area (Å²) in [6, 6.07) is 17.2. The molecule has 1 saturated heterocycles. The van der Waals surface area contributed by atoms with Gasteiger partial charge in [-0.1, -0.05) is 76.7 Å². The molecule has 0 saturated carbocycles. The number of ether oxygens (including phenoxy) is 1. The van der Waals surface area contributed by atoms with Gasteiger partial charge in [-0.05, 0) is 54.8 Å². The van der Waals surface area contributed by atoms with Crippen molar-refractivity contribution >= 4 is 62.1 Å². The molecule has 2 unspecified atom stereocenters. The summed E-state index contributed by atoms with van der Waals surface area (Å²) >= 11 is 24.5. The number of rotatable bonds is 7. The molecule has 0 aliphatic carbocycles. The van der Waals surface area contributed by atoms with E-state index in [-0.39, 0.29) is 29.0 Å². The van der Waals surface area contributed by atoms with Crippen LogP contribution in [0.2, 0.25) is 20.1 Å². The van der Waals surface area contributed by atoms with Crippen molar-refractivity contribution in [3.05, 3.63) is 86.3 Å². The van der Waals surface area contributed by atoms with Crippen molar-refractivity contribution in [2.75, 3.05) is 11.5 Å². The Bertz CT molecular complexity index is 1380. The molecule has 1 heterocycles. The Morgan fingerprint density at radius 2 is 1.61 bits per heavy atom. The Morgan fingerprint density at radius 3 is 2.19 bits per heavy atom. The number of nitrogens with zero attached hydrogens (tertiary/aromatic N) is 1. The third-order valence-electron chi connectivity index (χ3n) is 6.03. The van der Waals surface area contributed by atoms with Crippen LogP contribution in [0.15, 0.2) is 60.7 Å². The molecular formula is C26H23Cl4NO4S. The zero-order chi connectivity index (χ0) is 26.0. The normalized spacial score (nSPS) is 17.5. The number of carbonyl (C=O) groups is 1. The fourth-order valence-electron chi connectivity index (χ4n) is 4.16. The van der Waals surface area contributed by atoms with Crippen molar-refractivity contribution < 1.29 is 17.9 Å². The van der Waals surface area contributed by atoms with E-state index in [2.05, 4.69) is 0 Å². The van der Waals surface area contributed by atoms with Crippen molar-refractivity contribution in [1.82, 2.24) is 4.90 Å². The zero-order valence-electron chi connectivity index (χ0n) is 19.3. The molecule has 0 bridgehead atoms. The predicted octanol–water partition coefficient (Wildman–Crippen LogP) is 6.95. The summed E-state index contributed by atoms with van der Waals surface area (Å²) in [5, 5.41) is 1.83. The number of amides is 1. The van der Waals surface area contributed by atoms with Crippen molar-refractivity contribution in [3.8, 4) is 16.9 Å². The lowest BCUT2D eigenvalue weighted by Gasteiger charge is -2.31. The Kier molecular flexibility index (Phi) is 8.42. The summed E-state index contributed by atoms with van der Waals surface area (Å²) in [6.45, 7) is 1.85. The Labute approximate surface area is 230 Å². The molecular weight excluding hydrogens is 564 g/mol. The topological polar surface area (TPSA) is 63.7 Å². The minimum Gasteiger partial charge on any atom is -0.479 e. The lowest BCUT2D eigenvalue weighted by molar-refractivity contribution is -0.140. The summed E-state index contributed by atoms with van der Waals surface area (Å²) in [7, 11) is -3.21.